The monoisotopic (exact) mass is 551 g/mol. The molecule has 1 aliphatic carbocycles. The smallest absolute Gasteiger partial charge is 0.271 e. The Morgan fingerprint density at radius 3 is 2.69 bits per heavy atom. The molecule has 0 unspecified atom stereocenters. The van der Waals surface area contributed by atoms with Crippen LogP contribution in [0.4, 0.5) is 22.0 Å². The van der Waals surface area contributed by atoms with E-state index in [1.165, 1.54) is 0 Å². The molecule has 3 heterocycles. The number of fused-ring (bicyclic) bond motifs is 2. The highest BCUT2D eigenvalue weighted by Crippen LogP contribution is 2.50. The molecule has 0 bridgehead atoms. The fourth-order valence-electron chi connectivity index (χ4n) is 6.27. The number of hydrogen-bond acceptors (Lipinski definition) is 4. The number of amides is 3. The predicted molar refractivity (Wildman–Crippen MR) is 127 cm³/mol. The van der Waals surface area contributed by atoms with Crippen molar-refractivity contribution in [1.29, 1.82) is 5.26 Å². The van der Waals surface area contributed by atoms with Gasteiger partial charge in [0.25, 0.3) is 12.3 Å². The molecule has 0 spiro atoms. The van der Waals surface area contributed by atoms with E-state index in [1.807, 2.05) is 6.07 Å². The van der Waals surface area contributed by atoms with E-state index in [0.717, 1.165) is 17.0 Å². The lowest BCUT2D eigenvalue weighted by Gasteiger charge is -2.29. The molecule has 39 heavy (non-hydrogen) atoms. The molecule has 5 atom stereocenters. The summed E-state index contributed by atoms with van der Waals surface area (Å²) in [5.41, 5.74) is -0.857. The van der Waals surface area contributed by atoms with Crippen LogP contribution in [0.25, 0.3) is 10.9 Å². The van der Waals surface area contributed by atoms with Crippen LogP contribution in [0.3, 0.4) is 0 Å². The summed E-state index contributed by atoms with van der Waals surface area (Å²) < 4.78 is 69.4. The number of carbonyl (C=O) groups excluding carboxylic acids is 3. The molecule has 13 heteroatoms. The number of benzene rings is 1. The van der Waals surface area contributed by atoms with Crippen LogP contribution < -0.4 is 10.6 Å². The maximum atomic E-state index is 14.3. The number of carbonyl (C=O) groups is 3. The molecule has 0 radical (unpaired) electrons. The van der Waals surface area contributed by atoms with Gasteiger partial charge in [0.1, 0.15) is 23.6 Å². The number of alkyl halides is 4. The molecule has 208 valence electrons. The van der Waals surface area contributed by atoms with Gasteiger partial charge in [0.05, 0.1) is 6.07 Å². The summed E-state index contributed by atoms with van der Waals surface area (Å²) in [6, 6.07) is 2.27. The molecule has 8 nitrogen and oxygen atoms in total. The third-order valence-corrected chi connectivity index (χ3v) is 7.99. The lowest BCUT2D eigenvalue weighted by molar-refractivity contribution is -0.129. The Balaban J connectivity index is 1.41. The van der Waals surface area contributed by atoms with E-state index in [-0.39, 0.29) is 35.5 Å². The van der Waals surface area contributed by atoms with Crippen molar-refractivity contribution >= 4 is 28.6 Å². The maximum absolute atomic E-state index is 14.3. The highest BCUT2D eigenvalue weighted by atomic mass is 19.3. The average Bonchev–Trinajstić information content (AvgIpc) is 3.53. The second-order valence-corrected chi connectivity index (χ2v) is 10.6. The van der Waals surface area contributed by atoms with Crippen LogP contribution in [0.15, 0.2) is 18.2 Å². The number of nitrogens with zero attached hydrogens (tertiary/aromatic N) is 2. The van der Waals surface area contributed by atoms with E-state index in [9.17, 15) is 41.6 Å². The van der Waals surface area contributed by atoms with Gasteiger partial charge >= 0.3 is 0 Å². The second kappa shape index (κ2) is 10.1. The molecule has 5 rings (SSSR count). The number of nitrogens with one attached hydrogen (secondary N) is 3. The zero-order chi connectivity index (χ0) is 28.1. The molecule has 1 aromatic heterocycles. The molecule has 2 aromatic rings. The van der Waals surface area contributed by atoms with Crippen molar-refractivity contribution in [2.45, 2.75) is 56.5 Å². The topological polar surface area (TPSA) is 118 Å². The first kappa shape index (κ1) is 26.9. The fourth-order valence-corrected chi connectivity index (χ4v) is 6.27. The van der Waals surface area contributed by atoms with Gasteiger partial charge < -0.3 is 20.5 Å². The third-order valence-electron chi connectivity index (χ3n) is 7.99. The Morgan fingerprint density at radius 1 is 1.23 bits per heavy atom. The molecular formula is C26H26F5N5O3. The van der Waals surface area contributed by atoms with E-state index in [2.05, 4.69) is 15.6 Å². The van der Waals surface area contributed by atoms with Gasteiger partial charge in [-0.3, -0.25) is 14.4 Å². The van der Waals surface area contributed by atoms with Gasteiger partial charge in [0.15, 0.2) is 0 Å². The van der Waals surface area contributed by atoms with Gasteiger partial charge in [-0.15, -0.1) is 0 Å². The van der Waals surface area contributed by atoms with Crippen LogP contribution in [-0.4, -0.2) is 58.7 Å². The van der Waals surface area contributed by atoms with Crippen molar-refractivity contribution in [3.05, 3.63) is 35.3 Å². The molecule has 1 aromatic carbocycles. The Hall–Kier alpha value is -3.69. The summed E-state index contributed by atoms with van der Waals surface area (Å²) >= 11 is 0. The van der Waals surface area contributed by atoms with E-state index in [0.29, 0.717) is 25.5 Å². The predicted octanol–water partition coefficient (Wildman–Crippen LogP) is 3.66. The van der Waals surface area contributed by atoms with Crippen LogP contribution in [0.5, 0.6) is 0 Å². The van der Waals surface area contributed by atoms with E-state index in [1.54, 1.807) is 0 Å². The molecule has 2 saturated heterocycles. The normalized spacial score (nSPS) is 26.8. The summed E-state index contributed by atoms with van der Waals surface area (Å²) in [5, 5.41) is 14.8. The number of aromatic nitrogens is 1. The summed E-state index contributed by atoms with van der Waals surface area (Å²) in [5.74, 6) is -7.85. The van der Waals surface area contributed by atoms with Gasteiger partial charge in [0, 0.05) is 48.3 Å². The molecule has 1 saturated carbocycles. The number of aromatic amines is 1. The number of nitriles is 1. The molecule has 3 amide bonds. The summed E-state index contributed by atoms with van der Waals surface area (Å²) in [4.78, 5) is 42.8. The number of likely N-dealkylation sites (tertiary alicyclic amines) is 1. The highest BCUT2D eigenvalue weighted by molar-refractivity contribution is 6.01. The first-order valence-corrected chi connectivity index (χ1v) is 12.7. The van der Waals surface area contributed by atoms with Crippen LogP contribution in [0.2, 0.25) is 0 Å². The van der Waals surface area contributed by atoms with Crippen molar-refractivity contribution in [2.75, 3.05) is 13.1 Å². The molecule has 3 N–H and O–H groups in total. The summed E-state index contributed by atoms with van der Waals surface area (Å²) in [7, 11) is 0. The number of H-pyrrole nitrogens is 1. The zero-order valence-electron chi connectivity index (χ0n) is 20.7. The van der Waals surface area contributed by atoms with Gasteiger partial charge in [-0.25, -0.2) is 22.0 Å². The average molecular weight is 552 g/mol. The highest BCUT2D eigenvalue weighted by Gasteiger charge is 2.58. The van der Waals surface area contributed by atoms with Crippen molar-refractivity contribution in [3.63, 3.8) is 0 Å². The largest absolute Gasteiger partial charge is 0.356 e. The summed E-state index contributed by atoms with van der Waals surface area (Å²) in [6.45, 7) is 0.347. The van der Waals surface area contributed by atoms with Crippen LogP contribution in [0, 0.1) is 34.9 Å². The standard InChI is InChI=1S/C26H26F5N5O3/c27-14-5-17(22(28)29)16-7-20(35-19(16)6-14)25(39)36-11-13-8-26(30,31)9-18(13)21(36)24(38)34-15(10-32)4-12-2-1-3-33-23(12)37/h5-7,12-13,15,18,21-22,35H,1-4,8-9,11H2,(H,33,37)(H,34,38)/t12-,13-,15-,18-,21-/m1/s1. The number of piperidine rings is 1. The minimum atomic E-state index is -3.03. The first-order valence-electron chi connectivity index (χ1n) is 12.7. The van der Waals surface area contributed by atoms with E-state index >= 15 is 0 Å². The van der Waals surface area contributed by atoms with Crippen molar-refractivity contribution in [1.82, 2.24) is 20.5 Å². The zero-order valence-corrected chi connectivity index (χ0v) is 20.7. The Morgan fingerprint density at radius 2 is 2.00 bits per heavy atom. The number of rotatable bonds is 6. The summed E-state index contributed by atoms with van der Waals surface area (Å²) in [6.07, 6.45) is -2.88. The van der Waals surface area contributed by atoms with Gasteiger partial charge in [0.2, 0.25) is 17.7 Å². The first-order chi connectivity index (χ1) is 18.5. The van der Waals surface area contributed by atoms with E-state index in [4.69, 9.17) is 0 Å². The lowest BCUT2D eigenvalue weighted by atomic mass is 9.90. The van der Waals surface area contributed by atoms with Gasteiger partial charge in [-0.1, -0.05) is 0 Å². The third kappa shape index (κ3) is 5.16. The minimum absolute atomic E-state index is 0.0307. The van der Waals surface area contributed by atoms with Crippen molar-refractivity contribution in [2.24, 2.45) is 17.8 Å². The molecule has 3 fully saturated rings. The second-order valence-electron chi connectivity index (χ2n) is 10.6. The Kier molecular flexibility index (Phi) is 6.99. The maximum Gasteiger partial charge on any atom is 0.271 e. The molecule has 2 aliphatic heterocycles. The van der Waals surface area contributed by atoms with Crippen LogP contribution in [0.1, 0.15) is 54.6 Å². The fraction of sp³-hybridized carbons (Fsp3) is 0.538. The minimum Gasteiger partial charge on any atom is -0.356 e. The Labute approximate surface area is 219 Å². The lowest BCUT2D eigenvalue weighted by Crippen LogP contribution is -2.52. The van der Waals surface area contributed by atoms with Crippen molar-refractivity contribution in [3.8, 4) is 6.07 Å². The van der Waals surface area contributed by atoms with Gasteiger partial charge in [-0.2, -0.15) is 5.26 Å². The van der Waals surface area contributed by atoms with Crippen molar-refractivity contribution < 1.29 is 36.3 Å². The molecule has 3 aliphatic rings. The van der Waals surface area contributed by atoms with Gasteiger partial charge in [-0.05, 0) is 49.3 Å². The number of halogens is 5. The molecular weight excluding hydrogens is 525 g/mol. The van der Waals surface area contributed by atoms with Crippen LogP contribution in [-0.2, 0) is 9.59 Å². The number of hydrogen-bond donors (Lipinski definition) is 3. The SMILES string of the molecule is N#C[C@@H](C[C@H]1CCCNC1=O)NC(=O)[C@H]1[C@@H]2CC(F)(F)C[C@@H]2CN1C(=O)c1cc2c(C(F)F)cc(F)cc2[nH]1. The van der Waals surface area contributed by atoms with E-state index < -0.39 is 78.2 Å². The quantitative estimate of drug-likeness (QED) is 0.475. The Bertz CT molecular complexity index is 1360. The van der Waals surface area contributed by atoms with Crippen LogP contribution >= 0.6 is 0 Å².